The lowest BCUT2D eigenvalue weighted by Crippen LogP contribution is -2.38. The lowest BCUT2D eigenvalue weighted by atomic mass is 9.98. The van der Waals surface area contributed by atoms with Crippen molar-refractivity contribution in [2.45, 2.75) is 70.8 Å². The van der Waals surface area contributed by atoms with E-state index in [1.807, 2.05) is 11.9 Å². The SMILES string of the molecule is C[C@H](CCC1=CC(N[C@@H](C)C2CC2)=NC(c2cccc(C(F)(F)F)n2)N1C)C1CC1. The van der Waals surface area contributed by atoms with E-state index in [-0.39, 0.29) is 0 Å². The zero-order chi connectivity index (χ0) is 21.5. The van der Waals surface area contributed by atoms with Gasteiger partial charge in [0.2, 0.25) is 0 Å². The van der Waals surface area contributed by atoms with E-state index in [1.54, 1.807) is 6.07 Å². The minimum atomic E-state index is -4.47. The van der Waals surface area contributed by atoms with Gasteiger partial charge < -0.3 is 10.2 Å². The van der Waals surface area contributed by atoms with Crippen LogP contribution >= 0.6 is 0 Å². The molecule has 1 aliphatic heterocycles. The number of aromatic nitrogens is 1. The van der Waals surface area contributed by atoms with Crippen molar-refractivity contribution >= 4 is 5.84 Å². The predicted molar refractivity (Wildman–Crippen MR) is 112 cm³/mol. The van der Waals surface area contributed by atoms with Gasteiger partial charge >= 0.3 is 6.18 Å². The van der Waals surface area contributed by atoms with Crippen molar-refractivity contribution < 1.29 is 13.2 Å². The van der Waals surface area contributed by atoms with E-state index < -0.39 is 18.0 Å². The van der Waals surface area contributed by atoms with Gasteiger partial charge in [-0.2, -0.15) is 13.2 Å². The summed E-state index contributed by atoms with van der Waals surface area (Å²) in [5.74, 6) is 2.92. The fourth-order valence-electron chi connectivity index (χ4n) is 4.24. The molecule has 0 amide bonds. The Morgan fingerprint density at radius 3 is 2.47 bits per heavy atom. The van der Waals surface area contributed by atoms with Crippen LogP contribution in [0.3, 0.4) is 0 Å². The standard InChI is InChI=1S/C23H31F3N4/c1-14(16-8-9-16)7-12-18-13-21(27-15(2)17-10-11-17)29-22(30(18)3)19-5-4-6-20(28-19)23(24,25)26/h4-6,13-17,22H,7-12H2,1-3H3,(H,27,29)/t14-,15+,22?/m1/s1. The van der Waals surface area contributed by atoms with Crippen LogP contribution in [0.25, 0.3) is 0 Å². The number of aliphatic imine (C=N–C) groups is 1. The molecule has 2 aliphatic carbocycles. The number of amidine groups is 1. The summed E-state index contributed by atoms with van der Waals surface area (Å²) < 4.78 is 39.6. The maximum atomic E-state index is 13.2. The molecule has 2 heterocycles. The lowest BCUT2D eigenvalue weighted by Gasteiger charge is -2.34. The van der Waals surface area contributed by atoms with Gasteiger partial charge in [0.05, 0.1) is 5.69 Å². The Bertz CT molecular complexity index is 824. The van der Waals surface area contributed by atoms with Crippen molar-refractivity contribution in [2.24, 2.45) is 22.7 Å². The summed E-state index contributed by atoms with van der Waals surface area (Å²) >= 11 is 0. The molecule has 0 aromatic carbocycles. The first-order valence-corrected chi connectivity index (χ1v) is 11.0. The number of nitrogens with one attached hydrogen (secondary N) is 1. The molecule has 30 heavy (non-hydrogen) atoms. The highest BCUT2D eigenvalue weighted by Crippen LogP contribution is 2.40. The maximum Gasteiger partial charge on any atom is 0.433 e. The summed E-state index contributed by atoms with van der Waals surface area (Å²) in [5.41, 5.74) is 0.557. The molecule has 2 fully saturated rings. The Morgan fingerprint density at radius 2 is 1.83 bits per heavy atom. The second-order valence-corrected chi connectivity index (χ2v) is 9.20. The summed E-state index contributed by atoms with van der Waals surface area (Å²) in [7, 11) is 1.91. The minimum absolute atomic E-state index is 0.310. The van der Waals surface area contributed by atoms with Gasteiger partial charge in [-0.05, 0) is 81.4 Å². The van der Waals surface area contributed by atoms with Crippen LogP contribution in [-0.4, -0.2) is 28.8 Å². The molecule has 3 aliphatic rings. The summed E-state index contributed by atoms with van der Waals surface area (Å²) in [4.78, 5) is 10.7. The number of rotatable bonds is 7. The van der Waals surface area contributed by atoms with E-state index >= 15 is 0 Å². The van der Waals surface area contributed by atoms with Crippen LogP contribution in [0.1, 0.15) is 69.9 Å². The monoisotopic (exact) mass is 420 g/mol. The quantitative estimate of drug-likeness (QED) is 0.630. The number of halogens is 3. The Hall–Kier alpha value is -2.05. The summed E-state index contributed by atoms with van der Waals surface area (Å²) in [6.07, 6.45) is 4.09. The molecule has 1 aromatic heterocycles. The van der Waals surface area contributed by atoms with Gasteiger partial charge in [-0.15, -0.1) is 0 Å². The van der Waals surface area contributed by atoms with Crippen molar-refractivity contribution in [3.63, 3.8) is 0 Å². The molecule has 7 heteroatoms. The van der Waals surface area contributed by atoms with E-state index in [9.17, 15) is 13.2 Å². The molecule has 164 valence electrons. The molecule has 1 aromatic rings. The van der Waals surface area contributed by atoms with Crippen molar-refractivity contribution in [1.29, 1.82) is 0 Å². The van der Waals surface area contributed by atoms with E-state index in [0.717, 1.165) is 36.4 Å². The Balaban J connectivity index is 1.57. The summed E-state index contributed by atoms with van der Waals surface area (Å²) in [6.45, 7) is 4.45. The molecular weight excluding hydrogens is 389 g/mol. The third-order valence-electron chi connectivity index (χ3n) is 6.70. The maximum absolute atomic E-state index is 13.2. The average Bonchev–Trinajstić information content (AvgIpc) is 3.59. The highest BCUT2D eigenvalue weighted by Gasteiger charge is 2.35. The second kappa shape index (κ2) is 8.23. The third-order valence-corrected chi connectivity index (χ3v) is 6.70. The highest BCUT2D eigenvalue weighted by molar-refractivity contribution is 5.94. The molecule has 2 saturated carbocycles. The molecular formula is C23H31F3N4. The van der Waals surface area contributed by atoms with Gasteiger partial charge in [0.1, 0.15) is 11.5 Å². The molecule has 1 N–H and O–H groups in total. The number of allylic oxidation sites excluding steroid dienone is 1. The van der Waals surface area contributed by atoms with Gasteiger partial charge in [-0.3, -0.25) is 0 Å². The molecule has 4 rings (SSSR count). The first-order chi connectivity index (χ1) is 14.2. The van der Waals surface area contributed by atoms with Crippen molar-refractivity contribution in [3.05, 3.63) is 41.4 Å². The molecule has 3 atom stereocenters. The number of hydrogen-bond donors (Lipinski definition) is 1. The summed E-state index contributed by atoms with van der Waals surface area (Å²) in [5, 5.41) is 3.50. The largest absolute Gasteiger partial charge is 0.433 e. The van der Waals surface area contributed by atoms with E-state index in [2.05, 4.69) is 30.2 Å². The number of nitrogens with zero attached hydrogens (tertiary/aromatic N) is 3. The van der Waals surface area contributed by atoms with E-state index in [0.29, 0.717) is 23.6 Å². The second-order valence-electron chi connectivity index (χ2n) is 9.20. The van der Waals surface area contributed by atoms with E-state index in [4.69, 9.17) is 4.99 Å². The van der Waals surface area contributed by atoms with Crippen LogP contribution in [0.2, 0.25) is 0 Å². The smallest absolute Gasteiger partial charge is 0.368 e. The number of alkyl halides is 3. The van der Waals surface area contributed by atoms with Gasteiger partial charge in [-0.25, -0.2) is 9.98 Å². The molecule has 0 spiro atoms. The van der Waals surface area contributed by atoms with Gasteiger partial charge in [0, 0.05) is 18.8 Å². The lowest BCUT2D eigenvalue weighted by molar-refractivity contribution is -0.141. The van der Waals surface area contributed by atoms with Crippen LogP contribution in [0.15, 0.2) is 35.0 Å². The predicted octanol–water partition coefficient (Wildman–Crippen LogP) is 5.54. The number of pyridine rings is 1. The van der Waals surface area contributed by atoms with Gasteiger partial charge in [0.25, 0.3) is 0 Å². The zero-order valence-corrected chi connectivity index (χ0v) is 17.9. The van der Waals surface area contributed by atoms with Crippen molar-refractivity contribution in [2.75, 3.05) is 7.05 Å². The van der Waals surface area contributed by atoms with Crippen LogP contribution < -0.4 is 5.32 Å². The highest BCUT2D eigenvalue weighted by atomic mass is 19.4. The van der Waals surface area contributed by atoms with Crippen LogP contribution in [0.4, 0.5) is 13.2 Å². The number of hydrogen-bond acceptors (Lipinski definition) is 4. The molecule has 1 unspecified atom stereocenters. The van der Waals surface area contributed by atoms with Gasteiger partial charge in [0.15, 0.2) is 6.17 Å². The Kier molecular flexibility index (Phi) is 5.82. The topological polar surface area (TPSA) is 40.5 Å². The van der Waals surface area contributed by atoms with Crippen LogP contribution in [-0.2, 0) is 6.18 Å². The fourth-order valence-corrected chi connectivity index (χ4v) is 4.24. The molecule has 0 radical (unpaired) electrons. The van der Waals surface area contributed by atoms with E-state index in [1.165, 1.54) is 31.7 Å². The molecule has 0 saturated heterocycles. The minimum Gasteiger partial charge on any atom is -0.368 e. The fraction of sp³-hybridized carbons (Fsp3) is 0.652. The zero-order valence-electron chi connectivity index (χ0n) is 17.9. The molecule has 0 bridgehead atoms. The van der Waals surface area contributed by atoms with Crippen molar-refractivity contribution in [1.82, 2.24) is 15.2 Å². The Morgan fingerprint density at radius 1 is 1.13 bits per heavy atom. The molecule has 4 nitrogen and oxygen atoms in total. The normalized spacial score (nSPS) is 24.2. The van der Waals surface area contributed by atoms with Crippen LogP contribution in [0.5, 0.6) is 0 Å². The van der Waals surface area contributed by atoms with Gasteiger partial charge in [-0.1, -0.05) is 13.0 Å². The first-order valence-electron chi connectivity index (χ1n) is 11.0. The summed E-state index contributed by atoms with van der Waals surface area (Å²) in [6, 6.07) is 4.38. The van der Waals surface area contributed by atoms with Crippen LogP contribution in [0, 0.1) is 17.8 Å². The third kappa shape index (κ3) is 4.98. The first kappa shape index (κ1) is 21.2. The van der Waals surface area contributed by atoms with Crippen molar-refractivity contribution in [3.8, 4) is 0 Å². The Labute approximate surface area is 176 Å². The average molecular weight is 421 g/mol.